The first-order valence-electron chi connectivity index (χ1n) is 6.92. The number of hydrogen-bond donors (Lipinski definition) is 0. The van der Waals surface area contributed by atoms with Gasteiger partial charge in [-0.2, -0.15) is 0 Å². The fourth-order valence-electron chi connectivity index (χ4n) is 2.09. The van der Waals surface area contributed by atoms with E-state index in [2.05, 4.69) is 0 Å². The second-order valence-corrected chi connectivity index (χ2v) is 8.57. The van der Waals surface area contributed by atoms with Crippen molar-refractivity contribution in [2.75, 3.05) is 0 Å². The van der Waals surface area contributed by atoms with Crippen LogP contribution in [0.5, 0.6) is 0 Å². The average molecular weight is 330 g/mol. The second kappa shape index (κ2) is 6.57. The van der Waals surface area contributed by atoms with Gasteiger partial charge in [-0.15, -0.1) is 11.3 Å². The zero-order valence-corrected chi connectivity index (χ0v) is 14.3. The summed E-state index contributed by atoms with van der Waals surface area (Å²) >= 11 is 1.42. The van der Waals surface area contributed by atoms with Crippen molar-refractivity contribution in [1.82, 2.24) is 0 Å². The van der Waals surface area contributed by atoms with Gasteiger partial charge >= 0.3 is 7.60 Å². The summed E-state index contributed by atoms with van der Waals surface area (Å²) in [6.45, 7) is 7.28. The van der Waals surface area contributed by atoms with E-state index in [-0.39, 0.29) is 24.2 Å². The normalized spacial score (nSPS) is 12.7. The molecule has 0 bridgehead atoms. The summed E-state index contributed by atoms with van der Waals surface area (Å²) in [5, 5.41) is 0.554. The fourth-order valence-corrected chi connectivity index (χ4v) is 5.65. The molecule has 2 aromatic rings. The molecule has 1 heterocycles. The molecule has 2 rings (SSSR count). The lowest BCUT2D eigenvalue weighted by molar-refractivity contribution is 0.142. The van der Waals surface area contributed by atoms with Crippen molar-refractivity contribution < 1.29 is 18.0 Å². The molecule has 3 nitrogen and oxygen atoms in total. The molecule has 0 saturated carbocycles. The van der Waals surface area contributed by atoms with Gasteiger partial charge in [0.05, 0.1) is 18.4 Å². The van der Waals surface area contributed by atoms with Crippen molar-refractivity contribution in [1.29, 1.82) is 0 Å². The van der Waals surface area contributed by atoms with Crippen LogP contribution in [0, 0.1) is 5.82 Å². The molecule has 0 amide bonds. The van der Waals surface area contributed by atoms with Crippen LogP contribution in [-0.4, -0.2) is 12.2 Å². The van der Waals surface area contributed by atoms with E-state index in [1.807, 2.05) is 33.8 Å². The van der Waals surface area contributed by atoms with Crippen LogP contribution in [0.1, 0.15) is 32.6 Å². The predicted molar refractivity (Wildman–Crippen MR) is 85.5 cm³/mol. The van der Waals surface area contributed by atoms with Gasteiger partial charge in [0.15, 0.2) is 0 Å². The zero-order valence-electron chi connectivity index (χ0n) is 12.6. The van der Waals surface area contributed by atoms with E-state index in [9.17, 15) is 8.96 Å². The summed E-state index contributed by atoms with van der Waals surface area (Å²) in [5.74, 6) is -0.264. The molecule has 6 heteroatoms. The lowest BCUT2D eigenvalue weighted by Gasteiger charge is -2.22. The van der Waals surface area contributed by atoms with Gasteiger partial charge in [0, 0.05) is 15.0 Å². The molecule has 0 N–H and O–H groups in total. The second-order valence-electron chi connectivity index (χ2n) is 5.44. The van der Waals surface area contributed by atoms with Crippen LogP contribution < -0.4 is 0 Å². The molecule has 116 valence electrons. The molecule has 1 aromatic heterocycles. The number of hydrogen-bond acceptors (Lipinski definition) is 4. The average Bonchev–Trinajstić information content (AvgIpc) is 2.69. The summed E-state index contributed by atoms with van der Waals surface area (Å²) in [6.07, 6.45) is -0.219. The van der Waals surface area contributed by atoms with Crippen LogP contribution >= 0.6 is 18.9 Å². The summed E-state index contributed by atoms with van der Waals surface area (Å²) in [4.78, 5) is 0.805. The molecule has 0 unspecified atom stereocenters. The highest BCUT2D eigenvalue weighted by atomic mass is 32.1. The van der Waals surface area contributed by atoms with Gasteiger partial charge in [0.25, 0.3) is 0 Å². The number of thiophene rings is 1. The third-order valence-electron chi connectivity index (χ3n) is 2.65. The van der Waals surface area contributed by atoms with Gasteiger partial charge in [-0.1, -0.05) is 6.07 Å². The number of halogens is 1. The minimum Gasteiger partial charge on any atom is -0.306 e. The molecular weight excluding hydrogens is 310 g/mol. The summed E-state index contributed by atoms with van der Waals surface area (Å²) in [7, 11) is -3.24. The fraction of sp³-hybridized carbons (Fsp3) is 0.467. The first-order chi connectivity index (χ1) is 9.79. The predicted octanol–water partition coefficient (Wildman–Crippen LogP) is 5.58. The number of rotatable bonds is 6. The Balaban J connectivity index is 2.30. The van der Waals surface area contributed by atoms with Crippen molar-refractivity contribution in [3.05, 3.63) is 35.0 Å². The van der Waals surface area contributed by atoms with E-state index in [1.165, 1.54) is 17.4 Å². The standard InChI is InChI=1S/C15H20FO3PS/c1-10(2)18-20(17,19-11(3)4)9-12-8-13-14(16)6-5-7-15(13)21-12/h5-8,10-11H,9H2,1-4H3. The topological polar surface area (TPSA) is 35.5 Å². The lowest BCUT2D eigenvalue weighted by atomic mass is 10.2. The van der Waals surface area contributed by atoms with Gasteiger partial charge in [0.2, 0.25) is 0 Å². The SMILES string of the molecule is CC(C)OP(=O)(Cc1cc2c(F)cccc2s1)OC(C)C. The molecule has 0 saturated heterocycles. The number of benzene rings is 1. The van der Waals surface area contributed by atoms with Gasteiger partial charge in [-0.25, -0.2) is 4.39 Å². The van der Waals surface area contributed by atoms with Gasteiger partial charge in [0.1, 0.15) is 5.82 Å². The van der Waals surface area contributed by atoms with Crippen LogP contribution in [-0.2, 0) is 19.8 Å². The first-order valence-corrected chi connectivity index (χ1v) is 9.46. The maximum absolute atomic E-state index is 13.7. The molecule has 0 aliphatic heterocycles. The van der Waals surface area contributed by atoms with Crippen molar-refractivity contribution in [3.8, 4) is 0 Å². The zero-order chi connectivity index (χ0) is 15.6. The Bertz CT molecular complexity index is 652. The van der Waals surface area contributed by atoms with E-state index < -0.39 is 7.60 Å². The van der Waals surface area contributed by atoms with Gasteiger partial charge in [-0.05, 0) is 45.9 Å². The van der Waals surface area contributed by atoms with Crippen molar-refractivity contribution in [2.45, 2.75) is 46.1 Å². The van der Waals surface area contributed by atoms with Crippen molar-refractivity contribution in [3.63, 3.8) is 0 Å². The van der Waals surface area contributed by atoms with Gasteiger partial charge < -0.3 is 9.05 Å². The first kappa shape index (κ1) is 16.6. The van der Waals surface area contributed by atoms with Gasteiger partial charge in [-0.3, -0.25) is 4.57 Å². The van der Waals surface area contributed by atoms with Crippen LogP contribution in [0.4, 0.5) is 4.39 Å². The largest absolute Gasteiger partial charge is 0.336 e. The van der Waals surface area contributed by atoms with E-state index in [0.29, 0.717) is 5.39 Å². The molecule has 0 atom stereocenters. The number of fused-ring (bicyclic) bond motifs is 1. The monoisotopic (exact) mass is 330 g/mol. The molecule has 1 aromatic carbocycles. The molecule has 0 aliphatic rings. The molecule has 21 heavy (non-hydrogen) atoms. The third kappa shape index (κ3) is 4.36. The van der Waals surface area contributed by atoms with Crippen molar-refractivity contribution >= 4 is 29.0 Å². The summed E-state index contributed by atoms with van der Waals surface area (Å²) in [5.41, 5.74) is 0. The highest BCUT2D eigenvalue weighted by molar-refractivity contribution is 7.53. The quantitative estimate of drug-likeness (QED) is 0.648. The maximum atomic E-state index is 13.7. The maximum Gasteiger partial charge on any atom is 0.336 e. The van der Waals surface area contributed by atoms with Crippen LogP contribution in [0.2, 0.25) is 0 Å². The van der Waals surface area contributed by atoms with Crippen LogP contribution in [0.25, 0.3) is 10.1 Å². The Morgan fingerprint density at radius 2 is 1.81 bits per heavy atom. The minimum atomic E-state index is -3.24. The molecular formula is C15H20FO3PS. The highest BCUT2D eigenvalue weighted by Gasteiger charge is 2.29. The summed E-state index contributed by atoms with van der Waals surface area (Å²) < 4.78 is 38.5. The Kier molecular flexibility index (Phi) is 5.20. The van der Waals surface area contributed by atoms with E-state index >= 15 is 0 Å². The van der Waals surface area contributed by atoms with Crippen LogP contribution in [0.3, 0.4) is 0 Å². The third-order valence-corrected chi connectivity index (χ3v) is 6.18. The highest BCUT2D eigenvalue weighted by Crippen LogP contribution is 2.54. The Labute approximate surface area is 128 Å². The van der Waals surface area contributed by atoms with E-state index in [0.717, 1.165) is 9.58 Å². The molecule has 0 radical (unpaired) electrons. The smallest absolute Gasteiger partial charge is 0.306 e. The Morgan fingerprint density at radius 3 is 2.33 bits per heavy atom. The summed E-state index contributed by atoms with van der Waals surface area (Å²) in [6, 6.07) is 6.68. The van der Waals surface area contributed by atoms with Crippen LogP contribution in [0.15, 0.2) is 24.3 Å². The van der Waals surface area contributed by atoms with E-state index in [4.69, 9.17) is 9.05 Å². The Hall–Kier alpha value is -0.740. The lowest BCUT2D eigenvalue weighted by Crippen LogP contribution is -2.09. The van der Waals surface area contributed by atoms with Crippen molar-refractivity contribution in [2.24, 2.45) is 0 Å². The minimum absolute atomic E-state index is 0.169. The van der Waals surface area contributed by atoms with E-state index in [1.54, 1.807) is 12.1 Å². The molecule has 0 spiro atoms. The molecule has 0 fully saturated rings. The molecule has 0 aliphatic carbocycles. The Morgan fingerprint density at radius 1 is 1.19 bits per heavy atom.